The molecule has 0 fully saturated rings. The van der Waals surface area contributed by atoms with Gasteiger partial charge in [-0.3, -0.25) is 4.79 Å². The van der Waals surface area contributed by atoms with E-state index in [-0.39, 0.29) is 5.91 Å². The van der Waals surface area contributed by atoms with Gasteiger partial charge >= 0.3 is 0 Å². The molecule has 0 unspecified atom stereocenters. The van der Waals surface area contributed by atoms with Crippen LogP contribution in [-0.2, 0) is 4.79 Å². The van der Waals surface area contributed by atoms with Crippen LogP contribution >= 0.6 is 0 Å². The predicted octanol–water partition coefficient (Wildman–Crippen LogP) is 2.51. The molecule has 3 heteroatoms. The maximum absolute atomic E-state index is 11.4. The van der Waals surface area contributed by atoms with Crippen LogP contribution in [0.2, 0.25) is 0 Å². The highest BCUT2D eigenvalue weighted by molar-refractivity contribution is 5.92. The van der Waals surface area contributed by atoms with Crippen LogP contribution in [0.1, 0.15) is 0 Å². The highest BCUT2D eigenvalue weighted by Gasteiger charge is 2.01. The van der Waals surface area contributed by atoms with E-state index in [0.29, 0.717) is 6.54 Å². The first-order chi connectivity index (χ1) is 8.79. The molecule has 2 N–H and O–H groups in total. The molecule has 0 atom stereocenters. The second-order valence-corrected chi connectivity index (χ2v) is 4.02. The third-order valence-electron chi connectivity index (χ3n) is 2.61. The van der Waals surface area contributed by atoms with Crippen molar-refractivity contribution >= 4 is 11.6 Å². The fourth-order valence-electron chi connectivity index (χ4n) is 1.74. The van der Waals surface area contributed by atoms with Gasteiger partial charge in [-0.25, -0.2) is 0 Å². The number of carbonyl (C=O) groups excluding carboxylic acids is 1. The maximum atomic E-state index is 11.4. The Morgan fingerprint density at radius 1 is 0.944 bits per heavy atom. The van der Waals surface area contributed by atoms with E-state index in [0.717, 1.165) is 11.3 Å². The predicted molar refractivity (Wildman–Crippen MR) is 74.4 cm³/mol. The van der Waals surface area contributed by atoms with Crippen LogP contribution in [0.4, 0.5) is 5.69 Å². The molecule has 2 aromatic carbocycles. The second-order valence-electron chi connectivity index (χ2n) is 4.02. The van der Waals surface area contributed by atoms with Gasteiger partial charge in [-0.05, 0) is 30.3 Å². The minimum Gasteiger partial charge on any atom is -0.325 e. The molecule has 92 valence electrons. The fourth-order valence-corrected chi connectivity index (χ4v) is 1.74. The van der Waals surface area contributed by atoms with Crippen molar-refractivity contribution in [3.05, 3.63) is 54.6 Å². The standard InChI is InChI=1S/C15H16N2O/c1-16-11-15(18)17-14-9-7-13(8-10-14)12-5-3-2-4-6-12/h2-10,16H,11H2,1H3,(H,17,18). The number of benzene rings is 2. The Bertz CT molecular complexity index is 506. The molecule has 0 aliphatic heterocycles. The molecular formula is C15H16N2O. The zero-order chi connectivity index (χ0) is 12.8. The van der Waals surface area contributed by atoms with E-state index in [9.17, 15) is 4.79 Å². The first-order valence-electron chi connectivity index (χ1n) is 5.89. The largest absolute Gasteiger partial charge is 0.325 e. The quantitative estimate of drug-likeness (QED) is 0.862. The molecule has 0 aliphatic carbocycles. The first-order valence-corrected chi connectivity index (χ1v) is 5.89. The molecule has 0 saturated carbocycles. The number of anilines is 1. The average Bonchev–Trinajstić information content (AvgIpc) is 2.41. The molecule has 0 aromatic heterocycles. The number of amides is 1. The van der Waals surface area contributed by atoms with Gasteiger partial charge in [-0.1, -0.05) is 42.5 Å². The van der Waals surface area contributed by atoms with E-state index in [4.69, 9.17) is 0 Å². The zero-order valence-corrected chi connectivity index (χ0v) is 10.3. The topological polar surface area (TPSA) is 41.1 Å². The normalized spacial score (nSPS) is 10.1. The number of nitrogens with one attached hydrogen (secondary N) is 2. The van der Waals surface area contributed by atoms with E-state index < -0.39 is 0 Å². The van der Waals surface area contributed by atoms with Gasteiger partial charge in [0, 0.05) is 5.69 Å². The van der Waals surface area contributed by atoms with E-state index >= 15 is 0 Å². The van der Waals surface area contributed by atoms with Crippen molar-refractivity contribution < 1.29 is 4.79 Å². The van der Waals surface area contributed by atoms with E-state index in [1.165, 1.54) is 5.56 Å². The number of likely N-dealkylation sites (N-methyl/N-ethyl adjacent to an activating group) is 1. The number of hydrogen-bond donors (Lipinski definition) is 2. The van der Waals surface area contributed by atoms with Crippen LogP contribution in [0.25, 0.3) is 11.1 Å². The van der Waals surface area contributed by atoms with Gasteiger partial charge in [0.05, 0.1) is 6.54 Å². The molecule has 1 amide bonds. The Morgan fingerprint density at radius 3 is 2.17 bits per heavy atom. The van der Waals surface area contributed by atoms with Crippen molar-refractivity contribution in [3.63, 3.8) is 0 Å². The van der Waals surface area contributed by atoms with Crippen LogP contribution < -0.4 is 10.6 Å². The Hall–Kier alpha value is -2.13. The van der Waals surface area contributed by atoms with Crippen molar-refractivity contribution in [1.82, 2.24) is 5.32 Å². The molecule has 2 aromatic rings. The molecule has 0 bridgehead atoms. The summed E-state index contributed by atoms with van der Waals surface area (Å²) in [6, 6.07) is 18.0. The minimum atomic E-state index is -0.0371. The Labute approximate surface area is 107 Å². The van der Waals surface area contributed by atoms with Crippen molar-refractivity contribution in [2.75, 3.05) is 18.9 Å². The number of carbonyl (C=O) groups is 1. The van der Waals surface area contributed by atoms with Gasteiger partial charge in [-0.15, -0.1) is 0 Å². The Kier molecular flexibility index (Phi) is 4.10. The van der Waals surface area contributed by atoms with Crippen molar-refractivity contribution in [2.45, 2.75) is 0 Å². The summed E-state index contributed by atoms with van der Waals surface area (Å²) in [5.74, 6) is -0.0371. The molecule has 3 nitrogen and oxygen atoms in total. The van der Waals surface area contributed by atoms with E-state index in [1.807, 2.05) is 42.5 Å². The van der Waals surface area contributed by atoms with E-state index in [1.54, 1.807) is 7.05 Å². The summed E-state index contributed by atoms with van der Waals surface area (Å²) >= 11 is 0. The minimum absolute atomic E-state index is 0.0371. The van der Waals surface area contributed by atoms with Gasteiger partial charge in [0.25, 0.3) is 0 Å². The van der Waals surface area contributed by atoms with Gasteiger partial charge in [-0.2, -0.15) is 0 Å². The lowest BCUT2D eigenvalue weighted by molar-refractivity contribution is -0.115. The highest BCUT2D eigenvalue weighted by Crippen LogP contribution is 2.20. The summed E-state index contributed by atoms with van der Waals surface area (Å²) in [5, 5.41) is 5.63. The third kappa shape index (κ3) is 3.18. The Morgan fingerprint density at radius 2 is 1.56 bits per heavy atom. The highest BCUT2D eigenvalue weighted by atomic mass is 16.1. The van der Waals surface area contributed by atoms with Crippen molar-refractivity contribution in [2.24, 2.45) is 0 Å². The lowest BCUT2D eigenvalue weighted by atomic mass is 10.1. The number of rotatable bonds is 4. The van der Waals surface area contributed by atoms with Crippen LogP contribution in [0, 0.1) is 0 Å². The summed E-state index contributed by atoms with van der Waals surface area (Å²) in [6.45, 7) is 0.320. The van der Waals surface area contributed by atoms with Crippen LogP contribution in [0.5, 0.6) is 0 Å². The molecule has 0 heterocycles. The molecule has 0 saturated heterocycles. The first kappa shape index (κ1) is 12.3. The van der Waals surface area contributed by atoms with Gasteiger partial charge in [0.15, 0.2) is 0 Å². The average molecular weight is 240 g/mol. The molecule has 0 radical (unpaired) electrons. The zero-order valence-electron chi connectivity index (χ0n) is 10.3. The number of hydrogen-bond acceptors (Lipinski definition) is 2. The smallest absolute Gasteiger partial charge is 0.238 e. The fraction of sp³-hybridized carbons (Fsp3) is 0.133. The van der Waals surface area contributed by atoms with Gasteiger partial charge in [0.2, 0.25) is 5.91 Å². The summed E-state index contributed by atoms with van der Waals surface area (Å²) in [7, 11) is 1.75. The SMILES string of the molecule is CNCC(=O)Nc1ccc(-c2ccccc2)cc1. The van der Waals surface area contributed by atoms with Crippen molar-refractivity contribution in [3.8, 4) is 11.1 Å². The van der Waals surface area contributed by atoms with Crippen LogP contribution in [0.15, 0.2) is 54.6 Å². The monoisotopic (exact) mass is 240 g/mol. The molecule has 2 rings (SSSR count). The third-order valence-corrected chi connectivity index (χ3v) is 2.61. The van der Waals surface area contributed by atoms with Crippen LogP contribution in [-0.4, -0.2) is 19.5 Å². The molecule has 18 heavy (non-hydrogen) atoms. The summed E-state index contributed by atoms with van der Waals surface area (Å²) < 4.78 is 0. The van der Waals surface area contributed by atoms with Crippen LogP contribution in [0.3, 0.4) is 0 Å². The maximum Gasteiger partial charge on any atom is 0.238 e. The van der Waals surface area contributed by atoms with Gasteiger partial charge < -0.3 is 10.6 Å². The molecule has 0 spiro atoms. The van der Waals surface area contributed by atoms with Crippen molar-refractivity contribution in [1.29, 1.82) is 0 Å². The molecular weight excluding hydrogens is 224 g/mol. The summed E-state index contributed by atoms with van der Waals surface area (Å²) in [4.78, 5) is 11.4. The Balaban J connectivity index is 2.09. The summed E-state index contributed by atoms with van der Waals surface area (Å²) in [5.41, 5.74) is 3.13. The second kappa shape index (κ2) is 5.98. The molecule has 0 aliphatic rings. The van der Waals surface area contributed by atoms with E-state index in [2.05, 4.69) is 22.8 Å². The lowest BCUT2D eigenvalue weighted by Crippen LogP contribution is -2.24. The summed E-state index contributed by atoms with van der Waals surface area (Å²) in [6.07, 6.45) is 0. The van der Waals surface area contributed by atoms with Gasteiger partial charge in [0.1, 0.15) is 0 Å². The lowest BCUT2D eigenvalue weighted by Gasteiger charge is -2.06.